The molecule has 1 atom stereocenters. The molecular formula is C13H16N2O3S. The zero-order valence-electron chi connectivity index (χ0n) is 10.6. The molecule has 1 aromatic rings. The molecule has 0 unspecified atom stereocenters. The van der Waals surface area contributed by atoms with Crippen molar-refractivity contribution in [1.82, 2.24) is 5.32 Å². The van der Waals surface area contributed by atoms with Crippen LogP contribution in [0.25, 0.3) is 0 Å². The van der Waals surface area contributed by atoms with Crippen LogP contribution in [0.15, 0.2) is 29.2 Å². The Morgan fingerprint density at radius 1 is 1.47 bits per heavy atom. The molecule has 2 amide bonds. The van der Waals surface area contributed by atoms with Gasteiger partial charge in [0.25, 0.3) is 0 Å². The van der Waals surface area contributed by atoms with E-state index in [0.717, 1.165) is 10.6 Å². The molecule has 0 spiro atoms. The van der Waals surface area contributed by atoms with Crippen molar-refractivity contribution in [3.05, 3.63) is 24.3 Å². The number of amides is 2. The van der Waals surface area contributed by atoms with Crippen LogP contribution in [-0.4, -0.2) is 37.3 Å². The molecule has 1 heterocycles. The van der Waals surface area contributed by atoms with E-state index in [-0.39, 0.29) is 23.5 Å². The van der Waals surface area contributed by atoms with Gasteiger partial charge in [-0.05, 0) is 12.1 Å². The largest absolute Gasteiger partial charge is 0.383 e. The predicted molar refractivity (Wildman–Crippen MR) is 74.2 cm³/mol. The van der Waals surface area contributed by atoms with Crippen molar-refractivity contribution in [1.29, 1.82) is 0 Å². The summed E-state index contributed by atoms with van der Waals surface area (Å²) >= 11 is 1.43. The van der Waals surface area contributed by atoms with E-state index in [2.05, 4.69) is 10.6 Å². The van der Waals surface area contributed by atoms with E-state index < -0.39 is 0 Å². The van der Waals surface area contributed by atoms with Gasteiger partial charge in [-0.3, -0.25) is 9.59 Å². The Bertz CT molecular complexity index is 479. The molecule has 0 radical (unpaired) electrons. The normalized spacial score (nSPS) is 17.5. The van der Waals surface area contributed by atoms with Crippen LogP contribution in [0.2, 0.25) is 0 Å². The summed E-state index contributed by atoms with van der Waals surface area (Å²) in [6.07, 6.45) is 0.175. The first-order chi connectivity index (χ1) is 9.20. The van der Waals surface area contributed by atoms with E-state index in [0.29, 0.717) is 13.2 Å². The van der Waals surface area contributed by atoms with Crippen LogP contribution >= 0.6 is 11.8 Å². The summed E-state index contributed by atoms with van der Waals surface area (Å²) in [5, 5.41) is 5.16. The number of carbonyl (C=O) groups is 2. The minimum absolute atomic E-state index is 0.120. The Morgan fingerprint density at radius 2 is 2.26 bits per heavy atom. The van der Waals surface area contributed by atoms with Crippen molar-refractivity contribution in [3.63, 3.8) is 0 Å². The van der Waals surface area contributed by atoms with E-state index in [4.69, 9.17) is 4.74 Å². The highest BCUT2D eigenvalue weighted by molar-refractivity contribution is 8.01. The molecule has 2 rings (SSSR count). The van der Waals surface area contributed by atoms with Crippen molar-refractivity contribution in [2.75, 3.05) is 25.6 Å². The molecule has 5 nitrogen and oxygen atoms in total. The van der Waals surface area contributed by atoms with E-state index in [1.165, 1.54) is 11.8 Å². The maximum atomic E-state index is 11.9. The van der Waals surface area contributed by atoms with Gasteiger partial charge in [0.1, 0.15) is 0 Å². The minimum Gasteiger partial charge on any atom is -0.383 e. The van der Waals surface area contributed by atoms with Gasteiger partial charge in [-0.25, -0.2) is 0 Å². The third-order valence-electron chi connectivity index (χ3n) is 2.71. The van der Waals surface area contributed by atoms with Crippen molar-refractivity contribution in [2.24, 2.45) is 0 Å². The number of ether oxygens (including phenoxy) is 1. The van der Waals surface area contributed by atoms with Gasteiger partial charge in [-0.1, -0.05) is 12.1 Å². The summed E-state index contributed by atoms with van der Waals surface area (Å²) in [6, 6.07) is 7.58. The number of rotatable bonds is 5. The third-order valence-corrected chi connectivity index (χ3v) is 3.98. The van der Waals surface area contributed by atoms with E-state index in [1.807, 2.05) is 24.3 Å². The lowest BCUT2D eigenvalue weighted by Crippen LogP contribution is -2.35. The van der Waals surface area contributed by atoms with Crippen LogP contribution in [0.4, 0.5) is 5.69 Å². The SMILES string of the molecule is COCCNC(=O)C[C@@H]1Sc2ccccc2NC1=O. The van der Waals surface area contributed by atoms with Gasteiger partial charge in [-0.2, -0.15) is 0 Å². The number of hydrogen-bond acceptors (Lipinski definition) is 4. The fraction of sp³-hybridized carbons (Fsp3) is 0.385. The summed E-state index contributed by atoms with van der Waals surface area (Å²) in [5.41, 5.74) is 0.813. The summed E-state index contributed by atoms with van der Waals surface area (Å²) in [7, 11) is 1.58. The summed E-state index contributed by atoms with van der Waals surface area (Å²) < 4.78 is 4.85. The second-order valence-electron chi connectivity index (χ2n) is 4.14. The molecule has 1 aliphatic rings. The minimum atomic E-state index is -0.377. The van der Waals surface area contributed by atoms with Gasteiger partial charge in [0.15, 0.2) is 0 Å². The third kappa shape index (κ3) is 3.71. The number of methoxy groups -OCH3 is 1. The number of para-hydroxylation sites is 1. The molecule has 0 saturated heterocycles. The van der Waals surface area contributed by atoms with Gasteiger partial charge in [0, 0.05) is 25.0 Å². The van der Waals surface area contributed by atoms with Gasteiger partial charge >= 0.3 is 0 Å². The summed E-state index contributed by atoms with van der Waals surface area (Å²) in [6.45, 7) is 0.934. The Hall–Kier alpha value is -1.53. The van der Waals surface area contributed by atoms with Crippen molar-refractivity contribution < 1.29 is 14.3 Å². The topological polar surface area (TPSA) is 67.4 Å². The van der Waals surface area contributed by atoms with Crippen molar-refractivity contribution in [3.8, 4) is 0 Å². The average Bonchev–Trinajstić information content (AvgIpc) is 2.40. The highest BCUT2D eigenvalue weighted by Crippen LogP contribution is 2.36. The van der Waals surface area contributed by atoms with Gasteiger partial charge in [0.05, 0.1) is 17.5 Å². The molecule has 0 saturated carbocycles. The molecule has 0 aromatic heterocycles. The Morgan fingerprint density at radius 3 is 3.05 bits per heavy atom. The standard InChI is InChI=1S/C13H16N2O3S/c1-18-7-6-14-12(16)8-11-13(17)15-9-4-2-3-5-10(9)19-11/h2-5,11H,6-8H2,1H3,(H,14,16)(H,15,17)/t11-/m0/s1. The van der Waals surface area contributed by atoms with Crippen molar-refractivity contribution >= 4 is 29.3 Å². The Kier molecular flexibility index (Phi) is 4.81. The molecule has 1 aliphatic heterocycles. The number of nitrogens with one attached hydrogen (secondary N) is 2. The lowest BCUT2D eigenvalue weighted by Gasteiger charge is -2.23. The molecule has 6 heteroatoms. The second kappa shape index (κ2) is 6.58. The number of fused-ring (bicyclic) bond motifs is 1. The van der Waals surface area contributed by atoms with Gasteiger partial charge < -0.3 is 15.4 Å². The highest BCUT2D eigenvalue weighted by atomic mass is 32.2. The van der Waals surface area contributed by atoms with Gasteiger partial charge in [0.2, 0.25) is 11.8 Å². The van der Waals surface area contributed by atoms with Crippen LogP contribution < -0.4 is 10.6 Å². The first kappa shape index (κ1) is 13.9. The van der Waals surface area contributed by atoms with E-state index >= 15 is 0 Å². The van der Waals surface area contributed by atoms with Crippen LogP contribution in [0.3, 0.4) is 0 Å². The Labute approximate surface area is 116 Å². The zero-order valence-corrected chi connectivity index (χ0v) is 11.5. The van der Waals surface area contributed by atoms with Crippen molar-refractivity contribution in [2.45, 2.75) is 16.6 Å². The fourth-order valence-electron chi connectivity index (χ4n) is 1.76. The zero-order chi connectivity index (χ0) is 13.7. The molecule has 0 bridgehead atoms. The molecule has 102 valence electrons. The van der Waals surface area contributed by atoms with Gasteiger partial charge in [-0.15, -0.1) is 11.8 Å². The number of benzene rings is 1. The van der Waals surface area contributed by atoms with E-state index in [9.17, 15) is 9.59 Å². The molecular weight excluding hydrogens is 264 g/mol. The highest BCUT2D eigenvalue weighted by Gasteiger charge is 2.28. The number of hydrogen-bond donors (Lipinski definition) is 2. The molecule has 0 aliphatic carbocycles. The lowest BCUT2D eigenvalue weighted by atomic mass is 10.2. The fourth-order valence-corrected chi connectivity index (χ4v) is 2.87. The van der Waals surface area contributed by atoms with E-state index in [1.54, 1.807) is 7.11 Å². The Balaban J connectivity index is 1.92. The molecule has 0 fully saturated rings. The molecule has 1 aromatic carbocycles. The predicted octanol–water partition coefficient (Wildman–Crippen LogP) is 1.25. The first-order valence-corrected chi connectivity index (χ1v) is 6.91. The molecule has 19 heavy (non-hydrogen) atoms. The summed E-state index contributed by atoms with van der Waals surface area (Å²) in [5.74, 6) is -0.255. The average molecular weight is 280 g/mol. The smallest absolute Gasteiger partial charge is 0.238 e. The second-order valence-corrected chi connectivity index (χ2v) is 5.38. The van der Waals surface area contributed by atoms with Crippen LogP contribution in [0.1, 0.15) is 6.42 Å². The number of thioether (sulfide) groups is 1. The van der Waals surface area contributed by atoms with Crippen LogP contribution in [-0.2, 0) is 14.3 Å². The lowest BCUT2D eigenvalue weighted by molar-refractivity contribution is -0.124. The maximum absolute atomic E-state index is 11.9. The maximum Gasteiger partial charge on any atom is 0.238 e. The number of anilines is 1. The number of carbonyl (C=O) groups excluding carboxylic acids is 2. The monoisotopic (exact) mass is 280 g/mol. The van der Waals surface area contributed by atoms with Crippen LogP contribution in [0.5, 0.6) is 0 Å². The summed E-state index contributed by atoms with van der Waals surface area (Å²) in [4.78, 5) is 24.6. The van der Waals surface area contributed by atoms with Crippen LogP contribution in [0, 0.1) is 0 Å². The quantitative estimate of drug-likeness (QED) is 0.797. The first-order valence-electron chi connectivity index (χ1n) is 6.03. The molecule has 2 N–H and O–H groups in total.